The molecule has 0 saturated carbocycles. The van der Waals surface area contributed by atoms with Gasteiger partial charge in [0.2, 0.25) is 0 Å². The first kappa shape index (κ1) is 16.5. The number of carbonyl (C=O) groups is 1. The lowest BCUT2D eigenvalue weighted by Crippen LogP contribution is -2.19. The minimum absolute atomic E-state index is 0.0783. The van der Waals surface area contributed by atoms with Gasteiger partial charge in [0.05, 0.1) is 5.92 Å². The van der Waals surface area contributed by atoms with Crippen LogP contribution in [0.1, 0.15) is 33.1 Å². The van der Waals surface area contributed by atoms with Gasteiger partial charge in [0, 0.05) is 6.04 Å². The summed E-state index contributed by atoms with van der Waals surface area (Å²) in [6.07, 6.45) is 2.71. The predicted octanol–water partition coefficient (Wildman–Crippen LogP) is 2.76. The maximum absolute atomic E-state index is 11.7. The Balaban J connectivity index is 2.10. The number of rotatable bonds is 9. The summed E-state index contributed by atoms with van der Waals surface area (Å²) < 4.78 is 10.6. The molecule has 112 valence electrons. The van der Waals surface area contributed by atoms with E-state index in [1.807, 2.05) is 44.2 Å². The van der Waals surface area contributed by atoms with E-state index in [9.17, 15) is 4.79 Å². The Labute approximate surface area is 121 Å². The zero-order chi connectivity index (χ0) is 14.8. The maximum Gasteiger partial charge on any atom is 0.308 e. The molecule has 1 rings (SSSR count). The number of esters is 1. The zero-order valence-corrected chi connectivity index (χ0v) is 12.4. The summed E-state index contributed by atoms with van der Waals surface area (Å²) in [5.74, 6) is 0.547. The number of ether oxygens (including phenoxy) is 2. The fourth-order valence-electron chi connectivity index (χ4n) is 1.82. The molecule has 2 atom stereocenters. The molecule has 0 heterocycles. The van der Waals surface area contributed by atoms with E-state index in [4.69, 9.17) is 15.2 Å². The van der Waals surface area contributed by atoms with Gasteiger partial charge in [-0.1, -0.05) is 31.5 Å². The zero-order valence-electron chi connectivity index (χ0n) is 12.4. The average molecular weight is 279 g/mol. The molecule has 0 aliphatic rings. The first-order valence-electron chi connectivity index (χ1n) is 7.19. The highest BCUT2D eigenvalue weighted by atomic mass is 16.6. The Bertz CT molecular complexity index is 379. The Kier molecular flexibility index (Phi) is 7.73. The molecule has 0 aromatic heterocycles. The fraction of sp³-hybridized carbons (Fsp3) is 0.562. The van der Waals surface area contributed by atoms with Crippen molar-refractivity contribution in [3.05, 3.63) is 30.3 Å². The number of hydrogen-bond donors (Lipinski definition) is 1. The molecule has 0 aliphatic heterocycles. The van der Waals surface area contributed by atoms with Gasteiger partial charge >= 0.3 is 5.97 Å². The summed E-state index contributed by atoms with van der Waals surface area (Å²) in [6.45, 7) is 4.53. The van der Waals surface area contributed by atoms with Crippen LogP contribution in [0.25, 0.3) is 0 Å². The molecule has 0 fully saturated rings. The van der Waals surface area contributed by atoms with E-state index >= 15 is 0 Å². The van der Waals surface area contributed by atoms with Crippen LogP contribution < -0.4 is 10.5 Å². The standard InChI is InChI=1S/C16H25NO3/c1-13(7-6-8-14(2)17)16(18)20-12-11-19-15-9-4-3-5-10-15/h3-5,9-10,13-14H,6-8,11-12,17H2,1-2H3. The second-order valence-corrected chi connectivity index (χ2v) is 5.14. The molecule has 1 aromatic carbocycles. The molecule has 0 spiro atoms. The quantitative estimate of drug-likeness (QED) is 0.558. The van der Waals surface area contributed by atoms with Gasteiger partial charge < -0.3 is 15.2 Å². The Morgan fingerprint density at radius 2 is 1.85 bits per heavy atom. The summed E-state index contributed by atoms with van der Waals surface area (Å²) in [7, 11) is 0. The van der Waals surface area contributed by atoms with Gasteiger partial charge in [0.15, 0.2) is 0 Å². The normalized spacial score (nSPS) is 13.6. The van der Waals surface area contributed by atoms with Gasteiger partial charge in [-0.15, -0.1) is 0 Å². The number of benzene rings is 1. The lowest BCUT2D eigenvalue weighted by atomic mass is 10.0. The smallest absolute Gasteiger partial charge is 0.308 e. The fourth-order valence-corrected chi connectivity index (χ4v) is 1.82. The van der Waals surface area contributed by atoms with Gasteiger partial charge in [0.25, 0.3) is 0 Å². The Morgan fingerprint density at radius 3 is 2.50 bits per heavy atom. The molecular formula is C16H25NO3. The van der Waals surface area contributed by atoms with Crippen molar-refractivity contribution in [2.24, 2.45) is 11.7 Å². The molecule has 4 heteroatoms. The second kappa shape index (κ2) is 9.37. The minimum Gasteiger partial charge on any atom is -0.490 e. The van der Waals surface area contributed by atoms with Crippen LogP contribution in [0.3, 0.4) is 0 Å². The highest BCUT2D eigenvalue weighted by Crippen LogP contribution is 2.11. The summed E-state index contributed by atoms with van der Waals surface area (Å²) in [6, 6.07) is 9.68. The van der Waals surface area contributed by atoms with Crippen molar-refractivity contribution in [2.75, 3.05) is 13.2 Å². The minimum atomic E-state index is -0.161. The first-order valence-corrected chi connectivity index (χ1v) is 7.19. The molecule has 0 bridgehead atoms. The Hall–Kier alpha value is -1.55. The molecule has 0 saturated heterocycles. The van der Waals surface area contributed by atoms with Crippen molar-refractivity contribution in [3.63, 3.8) is 0 Å². The number of para-hydroxylation sites is 1. The molecule has 0 radical (unpaired) electrons. The van der Waals surface area contributed by atoms with E-state index in [1.165, 1.54) is 0 Å². The molecular weight excluding hydrogens is 254 g/mol. The summed E-state index contributed by atoms with van der Waals surface area (Å²) in [4.78, 5) is 11.7. The lowest BCUT2D eigenvalue weighted by molar-refractivity contribution is -0.148. The van der Waals surface area contributed by atoms with Crippen molar-refractivity contribution in [3.8, 4) is 5.75 Å². The van der Waals surface area contributed by atoms with Gasteiger partial charge in [-0.25, -0.2) is 0 Å². The van der Waals surface area contributed by atoms with E-state index in [-0.39, 0.29) is 24.5 Å². The van der Waals surface area contributed by atoms with Crippen LogP contribution >= 0.6 is 0 Å². The van der Waals surface area contributed by atoms with Gasteiger partial charge in [-0.3, -0.25) is 4.79 Å². The molecule has 2 unspecified atom stereocenters. The summed E-state index contributed by atoms with van der Waals surface area (Å²) in [5, 5.41) is 0. The van der Waals surface area contributed by atoms with Crippen LogP contribution in [0.4, 0.5) is 0 Å². The van der Waals surface area contributed by atoms with Crippen LogP contribution in [-0.2, 0) is 9.53 Å². The topological polar surface area (TPSA) is 61.6 Å². The van der Waals surface area contributed by atoms with Crippen LogP contribution in [0.2, 0.25) is 0 Å². The first-order chi connectivity index (χ1) is 9.59. The number of nitrogens with two attached hydrogens (primary N) is 1. The Morgan fingerprint density at radius 1 is 1.15 bits per heavy atom. The van der Waals surface area contributed by atoms with Gasteiger partial charge in [-0.2, -0.15) is 0 Å². The second-order valence-electron chi connectivity index (χ2n) is 5.14. The van der Waals surface area contributed by atoms with Crippen LogP contribution in [0, 0.1) is 5.92 Å². The highest BCUT2D eigenvalue weighted by Gasteiger charge is 2.14. The van der Waals surface area contributed by atoms with E-state index in [2.05, 4.69) is 0 Å². The summed E-state index contributed by atoms with van der Waals surface area (Å²) >= 11 is 0. The van der Waals surface area contributed by atoms with E-state index in [1.54, 1.807) is 0 Å². The molecule has 0 amide bonds. The highest BCUT2D eigenvalue weighted by molar-refractivity contribution is 5.71. The average Bonchev–Trinajstić information content (AvgIpc) is 2.44. The SMILES string of the molecule is CC(N)CCCC(C)C(=O)OCCOc1ccccc1. The van der Waals surface area contributed by atoms with E-state index < -0.39 is 0 Å². The van der Waals surface area contributed by atoms with E-state index in [0.29, 0.717) is 6.61 Å². The van der Waals surface area contributed by atoms with Crippen molar-refractivity contribution < 1.29 is 14.3 Å². The third-order valence-corrected chi connectivity index (χ3v) is 3.04. The van der Waals surface area contributed by atoms with Crippen LogP contribution in [0.5, 0.6) is 5.75 Å². The van der Waals surface area contributed by atoms with Crippen molar-refractivity contribution in [2.45, 2.75) is 39.2 Å². The molecule has 0 aliphatic carbocycles. The molecule has 2 N–H and O–H groups in total. The van der Waals surface area contributed by atoms with Crippen LogP contribution in [0.15, 0.2) is 30.3 Å². The third-order valence-electron chi connectivity index (χ3n) is 3.04. The molecule has 1 aromatic rings. The lowest BCUT2D eigenvalue weighted by Gasteiger charge is -2.12. The van der Waals surface area contributed by atoms with Crippen molar-refractivity contribution >= 4 is 5.97 Å². The third kappa shape index (κ3) is 7.14. The monoisotopic (exact) mass is 279 g/mol. The van der Waals surface area contributed by atoms with Crippen LogP contribution in [-0.4, -0.2) is 25.2 Å². The van der Waals surface area contributed by atoms with Crippen molar-refractivity contribution in [1.82, 2.24) is 0 Å². The van der Waals surface area contributed by atoms with Gasteiger partial charge in [0.1, 0.15) is 19.0 Å². The van der Waals surface area contributed by atoms with E-state index in [0.717, 1.165) is 25.0 Å². The summed E-state index contributed by atoms with van der Waals surface area (Å²) in [5.41, 5.74) is 5.68. The maximum atomic E-state index is 11.7. The number of hydrogen-bond acceptors (Lipinski definition) is 4. The predicted molar refractivity (Wildman–Crippen MR) is 79.6 cm³/mol. The van der Waals surface area contributed by atoms with Crippen molar-refractivity contribution in [1.29, 1.82) is 0 Å². The largest absolute Gasteiger partial charge is 0.490 e. The molecule has 4 nitrogen and oxygen atoms in total. The number of carbonyl (C=O) groups excluding carboxylic acids is 1. The van der Waals surface area contributed by atoms with Gasteiger partial charge in [-0.05, 0) is 31.9 Å². The molecule has 20 heavy (non-hydrogen) atoms.